The molecule has 0 aliphatic carbocycles. The third kappa shape index (κ3) is 4.57. The number of hydrogen-bond acceptors (Lipinski definition) is 3. The first kappa shape index (κ1) is 18.9. The molecule has 116 valence electrons. The standard InChI is InChI=1S/C18H15O3PS.Li/c19-23(20,21)16-10-6-9-15(13-16)22-18-12-5-4-11-17(18)14-7-2-1-3-8-14;/h1-13,22H,(H,19,20,21);/q;+1/p-1. The molecule has 1 atom stereocenters. The minimum absolute atomic E-state index is 0. The molecule has 0 fully saturated rings. The van der Waals surface area contributed by atoms with Gasteiger partial charge < -0.3 is 4.55 Å². The van der Waals surface area contributed by atoms with Gasteiger partial charge in [-0.25, -0.2) is 8.42 Å². The molecule has 3 rings (SSSR count). The van der Waals surface area contributed by atoms with E-state index in [1.54, 1.807) is 6.07 Å². The van der Waals surface area contributed by atoms with Crippen molar-refractivity contribution in [3.05, 3.63) is 78.9 Å². The maximum absolute atomic E-state index is 11.2. The summed E-state index contributed by atoms with van der Waals surface area (Å²) in [7, 11) is -4.15. The van der Waals surface area contributed by atoms with Gasteiger partial charge in [-0.2, -0.15) is 0 Å². The Morgan fingerprint density at radius 2 is 1.46 bits per heavy atom. The molecule has 0 radical (unpaired) electrons. The van der Waals surface area contributed by atoms with Gasteiger partial charge in [0.1, 0.15) is 10.1 Å². The molecule has 0 heterocycles. The number of hydrogen-bond donors (Lipinski definition) is 0. The van der Waals surface area contributed by atoms with Crippen molar-refractivity contribution in [2.24, 2.45) is 0 Å². The van der Waals surface area contributed by atoms with Crippen molar-refractivity contribution in [3.8, 4) is 11.1 Å². The summed E-state index contributed by atoms with van der Waals surface area (Å²) in [6.45, 7) is 0. The minimum Gasteiger partial charge on any atom is -0.744 e. The fraction of sp³-hybridized carbons (Fsp3) is 0. The van der Waals surface area contributed by atoms with Crippen molar-refractivity contribution in [3.63, 3.8) is 0 Å². The van der Waals surface area contributed by atoms with Crippen molar-refractivity contribution in [1.82, 2.24) is 0 Å². The zero-order chi connectivity index (χ0) is 16.3. The fourth-order valence-electron chi connectivity index (χ4n) is 2.35. The second kappa shape index (κ2) is 8.12. The molecular weight excluding hydrogens is 334 g/mol. The third-order valence-corrected chi connectivity index (χ3v) is 5.55. The van der Waals surface area contributed by atoms with Crippen molar-refractivity contribution in [2.45, 2.75) is 4.90 Å². The first-order chi connectivity index (χ1) is 11.0. The maximum Gasteiger partial charge on any atom is 1.00 e. The van der Waals surface area contributed by atoms with Crippen LogP contribution in [0, 0.1) is 0 Å². The van der Waals surface area contributed by atoms with Crippen LogP contribution in [0.3, 0.4) is 0 Å². The van der Waals surface area contributed by atoms with Gasteiger partial charge in [0.25, 0.3) is 0 Å². The molecule has 0 amide bonds. The Kier molecular flexibility index (Phi) is 6.40. The van der Waals surface area contributed by atoms with Gasteiger partial charge in [0.05, 0.1) is 4.90 Å². The molecule has 3 aromatic rings. The van der Waals surface area contributed by atoms with Crippen LogP contribution >= 0.6 is 8.58 Å². The molecule has 0 aliphatic rings. The Labute approximate surface area is 155 Å². The Balaban J connectivity index is 0.00000208. The van der Waals surface area contributed by atoms with E-state index in [9.17, 15) is 13.0 Å². The van der Waals surface area contributed by atoms with E-state index >= 15 is 0 Å². The molecule has 6 heteroatoms. The van der Waals surface area contributed by atoms with Crippen molar-refractivity contribution < 1.29 is 31.8 Å². The van der Waals surface area contributed by atoms with Gasteiger partial charge in [-0.3, -0.25) is 0 Å². The summed E-state index contributed by atoms with van der Waals surface area (Å²) in [5.41, 5.74) is 2.23. The van der Waals surface area contributed by atoms with Crippen LogP contribution in [0.15, 0.2) is 83.8 Å². The molecule has 0 aromatic heterocycles. The molecule has 1 unspecified atom stereocenters. The second-order valence-electron chi connectivity index (χ2n) is 5.02. The quantitative estimate of drug-likeness (QED) is 0.376. The third-order valence-electron chi connectivity index (χ3n) is 3.41. The van der Waals surface area contributed by atoms with Crippen LogP contribution in [0.25, 0.3) is 11.1 Å². The topological polar surface area (TPSA) is 57.2 Å². The van der Waals surface area contributed by atoms with Crippen molar-refractivity contribution >= 4 is 29.3 Å². The van der Waals surface area contributed by atoms with Crippen LogP contribution in [0.4, 0.5) is 0 Å². The van der Waals surface area contributed by atoms with E-state index in [0.717, 1.165) is 21.7 Å². The second-order valence-corrected chi connectivity index (χ2v) is 7.76. The van der Waals surface area contributed by atoms with Crippen LogP contribution < -0.4 is 29.5 Å². The van der Waals surface area contributed by atoms with Gasteiger partial charge in [-0.05, 0) is 33.9 Å². The number of benzene rings is 3. The molecule has 0 saturated carbocycles. The summed E-state index contributed by atoms with van der Waals surface area (Å²) in [4.78, 5) is -0.181. The van der Waals surface area contributed by atoms with E-state index in [0.29, 0.717) is 0 Å². The van der Waals surface area contributed by atoms with Crippen LogP contribution in [0.2, 0.25) is 0 Å². The molecule has 0 saturated heterocycles. The average Bonchev–Trinajstić information content (AvgIpc) is 2.56. The van der Waals surface area contributed by atoms with Crippen LogP contribution in [-0.4, -0.2) is 13.0 Å². The van der Waals surface area contributed by atoms with Crippen molar-refractivity contribution in [2.75, 3.05) is 0 Å². The zero-order valence-corrected chi connectivity index (χ0v) is 15.0. The predicted octanol–water partition coefficient (Wildman–Crippen LogP) is -0.109. The molecule has 0 aliphatic heterocycles. The molecule has 24 heavy (non-hydrogen) atoms. The average molecular weight is 348 g/mol. The Morgan fingerprint density at radius 3 is 2.17 bits per heavy atom. The Bertz CT molecular complexity index is 928. The normalized spacial score (nSPS) is 11.4. The summed E-state index contributed by atoms with van der Waals surface area (Å²) >= 11 is 0. The fourth-order valence-corrected chi connectivity index (χ4v) is 4.23. The van der Waals surface area contributed by atoms with Gasteiger partial charge >= 0.3 is 18.9 Å². The summed E-state index contributed by atoms with van der Waals surface area (Å²) < 4.78 is 33.5. The Hall–Kier alpha value is -1.40. The summed E-state index contributed by atoms with van der Waals surface area (Å²) in [5.74, 6) is 0. The number of rotatable bonds is 4. The first-order valence-corrected chi connectivity index (χ1v) is 9.42. The van der Waals surface area contributed by atoms with E-state index in [2.05, 4.69) is 0 Å². The SMILES string of the molecule is O=S(=O)([O-])c1cccc(Pc2ccccc2-c2ccccc2)c1.[Li+]. The van der Waals surface area contributed by atoms with E-state index in [1.807, 2.05) is 60.7 Å². The van der Waals surface area contributed by atoms with Gasteiger partial charge in [0.15, 0.2) is 0 Å². The smallest absolute Gasteiger partial charge is 0.744 e. The van der Waals surface area contributed by atoms with E-state index < -0.39 is 10.1 Å². The summed E-state index contributed by atoms with van der Waals surface area (Å²) in [6.07, 6.45) is 0. The van der Waals surface area contributed by atoms with Crippen LogP contribution in [-0.2, 0) is 10.1 Å². The van der Waals surface area contributed by atoms with E-state index in [1.165, 1.54) is 12.1 Å². The van der Waals surface area contributed by atoms with Gasteiger partial charge in [0.2, 0.25) is 0 Å². The largest absolute Gasteiger partial charge is 1.00 e. The van der Waals surface area contributed by atoms with Gasteiger partial charge in [0, 0.05) is 0 Å². The van der Waals surface area contributed by atoms with E-state index in [-0.39, 0.29) is 32.3 Å². The van der Waals surface area contributed by atoms with Gasteiger partial charge in [-0.15, -0.1) is 0 Å². The molecule has 3 aromatic carbocycles. The maximum atomic E-state index is 11.2. The zero-order valence-electron chi connectivity index (χ0n) is 13.1. The monoisotopic (exact) mass is 348 g/mol. The summed E-state index contributed by atoms with van der Waals surface area (Å²) in [5, 5.41) is 1.93. The van der Waals surface area contributed by atoms with Gasteiger partial charge in [-0.1, -0.05) is 75.3 Å². The molecule has 0 spiro atoms. The predicted molar refractivity (Wildman–Crippen MR) is 93.9 cm³/mol. The van der Waals surface area contributed by atoms with Crippen molar-refractivity contribution in [1.29, 1.82) is 0 Å². The van der Waals surface area contributed by atoms with E-state index in [4.69, 9.17) is 0 Å². The Morgan fingerprint density at radius 1 is 0.792 bits per heavy atom. The molecular formula is C18H14LiO3PS. The first-order valence-electron chi connectivity index (χ1n) is 7.01. The molecule has 0 N–H and O–H groups in total. The van der Waals surface area contributed by atoms with Crippen LogP contribution in [0.5, 0.6) is 0 Å². The summed E-state index contributed by atoms with van der Waals surface area (Å²) in [6, 6.07) is 24.3. The molecule has 3 nitrogen and oxygen atoms in total. The molecule has 0 bridgehead atoms. The van der Waals surface area contributed by atoms with Crippen LogP contribution in [0.1, 0.15) is 0 Å². The minimum atomic E-state index is -4.43.